The third-order valence-electron chi connectivity index (χ3n) is 5.49. The number of hydrogen-bond acceptors (Lipinski definition) is 3. The maximum absolute atomic E-state index is 13.0. The molecule has 0 aliphatic heterocycles. The smallest absolute Gasteiger partial charge is 0.255 e. The van der Waals surface area contributed by atoms with Gasteiger partial charge in [-0.3, -0.25) is 9.59 Å². The summed E-state index contributed by atoms with van der Waals surface area (Å²) < 4.78 is 6.14. The molecule has 1 aliphatic rings. The number of amides is 2. The molecule has 1 fully saturated rings. The van der Waals surface area contributed by atoms with E-state index < -0.39 is 0 Å². The van der Waals surface area contributed by atoms with E-state index in [-0.39, 0.29) is 11.8 Å². The van der Waals surface area contributed by atoms with Gasteiger partial charge in [0.05, 0.1) is 13.5 Å². The molecule has 1 saturated carbocycles. The third-order valence-corrected chi connectivity index (χ3v) is 6.02. The van der Waals surface area contributed by atoms with Gasteiger partial charge in [-0.1, -0.05) is 40.2 Å². The monoisotopic (exact) mass is 492 g/mol. The molecule has 0 bridgehead atoms. The molecule has 0 heterocycles. The zero-order chi connectivity index (χ0) is 22.5. The molecule has 32 heavy (non-hydrogen) atoms. The zero-order valence-electron chi connectivity index (χ0n) is 17.9. The van der Waals surface area contributed by atoms with E-state index in [1.165, 1.54) is 0 Å². The van der Waals surface area contributed by atoms with Gasteiger partial charge in [-0.25, -0.2) is 0 Å². The second kappa shape index (κ2) is 10.0. The Balaban J connectivity index is 1.36. The van der Waals surface area contributed by atoms with Crippen LogP contribution in [0.5, 0.6) is 5.75 Å². The lowest BCUT2D eigenvalue weighted by Crippen LogP contribution is -2.33. The van der Waals surface area contributed by atoms with Crippen LogP contribution >= 0.6 is 15.9 Å². The summed E-state index contributed by atoms with van der Waals surface area (Å²) in [4.78, 5) is 27.4. The Morgan fingerprint density at radius 2 is 1.56 bits per heavy atom. The zero-order valence-corrected chi connectivity index (χ0v) is 19.5. The van der Waals surface area contributed by atoms with Crippen molar-refractivity contribution < 1.29 is 14.3 Å². The van der Waals surface area contributed by atoms with Gasteiger partial charge in [0.15, 0.2) is 0 Å². The number of ether oxygens (including phenoxy) is 1. The topological polar surface area (TPSA) is 58.6 Å². The van der Waals surface area contributed by atoms with E-state index in [4.69, 9.17) is 4.74 Å². The molecule has 6 heteroatoms. The highest BCUT2D eigenvalue weighted by Gasteiger charge is 2.32. The van der Waals surface area contributed by atoms with Gasteiger partial charge in [0, 0.05) is 28.3 Å². The number of halogens is 1. The Hall–Kier alpha value is -3.12. The van der Waals surface area contributed by atoms with Crippen molar-refractivity contribution in [2.45, 2.75) is 31.8 Å². The minimum Gasteiger partial charge on any atom is -0.497 e. The van der Waals surface area contributed by atoms with Crippen LogP contribution in [-0.2, 0) is 17.8 Å². The highest BCUT2D eigenvalue weighted by molar-refractivity contribution is 9.10. The van der Waals surface area contributed by atoms with Gasteiger partial charge in [0.25, 0.3) is 5.91 Å². The molecule has 164 valence electrons. The molecule has 0 saturated heterocycles. The first-order chi connectivity index (χ1) is 15.5. The number of carbonyl (C=O) groups excluding carboxylic acids is 2. The van der Waals surface area contributed by atoms with Gasteiger partial charge in [-0.05, 0) is 72.5 Å². The molecule has 0 spiro atoms. The van der Waals surface area contributed by atoms with Crippen molar-refractivity contribution in [3.05, 3.63) is 94.0 Å². The number of hydrogen-bond donors (Lipinski definition) is 1. The summed E-state index contributed by atoms with van der Waals surface area (Å²) in [6.07, 6.45) is 2.46. The molecule has 3 aromatic rings. The SMILES string of the molecule is COc1ccc(CN(C(=O)Cc2ccc(NC(=O)c3ccc(Br)cc3)cc2)C2CC2)cc1. The first-order valence-electron chi connectivity index (χ1n) is 10.6. The molecule has 5 nitrogen and oxygen atoms in total. The summed E-state index contributed by atoms with van der Waals surface area (Å²) in [5.74, 6) is 0.765. The van der Waals surface area contributed by atoms with Crippen molar-refractivity contribution in [2.75, 3.05) is 12.4 Å². The van der Waals surface area contributed by atoms with Crippen LogP contribution in [0.2, 0.25) is 0 Å². The van der Waals surface area contributed by atoms with E-state index in [0.29, 0.717) is 30.3 Å². The molecule has 2 amide bonds. The summed E-state index contributed by atoms with van der Waals surface area (Å²) in [6, 6.07) is 22.9. The molecule has 3 aromatic carbocycles. The number of carbonyl (C=O) groups is 2. The average Bonchev–Trinajstić information content (AvgIpc) is 3.65. The highest BCUT2D eigenvalue weighted by Crippen LogP contribution is 2.29. The van der Waals surface area contributed by atoms with Gasteiger partial charge in [-0.2, -0.15) is 0 Å². The molecule has 0 aromatic heterocycles. The number of methoxy groups -OCH3 is 1. The Kier molecular flexibility index (Phi) is 6.90. The largest absolute Gasteiger partial charge is 0.497 e. The van der Waals surface area contributed by atoms with E-state index in [1.54, 1.807) is 19.2 Å². The van der Waals surface area contributed by atoms with Crippen LogP contribution in [0.1, 0.15) is 34.3 Å². The predicted molar refractivity (Wildman–Crippen MR) is 129 cm³/mol. The fourth-order valence-electron chi connectivity index (χ4n) is 3.52. The van der Waals surface area contributed by atoms with Crippen molar-refractivity contribution in [3.63, 3.8) is 0 Å². The molecule has 0 unspecified atom stereocenters. The Bertz CT molecular complexity index is 1080. The molecule has 0 atom stereocenters. The molecular weight excluding hydrogens is 468 g/mol. The lowest BCUT2D eigenvalue weighted by Gasteiger charge is -2.23. The minimum atomic E-state index is -0.166. The highest BCUT2D eigenvalue weighted by atomic mass is 79.9. The van der Waals surface area contributed by atoms with Gasteiger partial charge < -0.3 is 15.0 Å². The van der Waals surface area contributed by atoms with Crippen molar-refractivity contribution in [2.24, 2.45) is 0 Å². The van der Waals surface area contributed by atoms with Crippen LogP contribution in [-0.4, -0.2) is 29.9 Å². The predicted octanol–water partition coefficient (Wildman–Crippen LogP) is 5.44. The minimum absolute atomic E-state index is 0.120. The third kappa shape index (κ3) is 5.77. The quantitative estimate of drug-likeness (QED) is 0.455. The lowest BCUT2D eigenvalue weighted by atomic mass is 10.1. The van der Waals surface area contributed by atoms with Gasteiger partial charge >= 0.3 is 0 Å². The average molecular weight is 493 g/mol. The lowest BCUT2D eigenvalue weighted by molar-refractivity contribution is -0.131. The fourth-order valence-corrected chi connectivity index (χ4v) is 3.79. The summed E-state index contributed by atoms with van der Waals surface area (Å²) in [5.41, 5.74) is 3.31. The summed E-state index contributed by atoms with van der Waals surface area (Å²) in [6.45, 7) is 0.606. The van der Waals surface area contributed by atoms with E-state index in [9.17, 15) is 9.59 Å². The number of nitrogens with one attached hydrogen (secondary N) is 1. The Morgan fingerprint density at radius 1 is 0.938 bits per heavy atom. The van der Waals surface area contributed by atoms with Crippen LogP contribution < -0.4 is 10.1 Å². The maximum Gasteiger partial charge on any atom is 0.255 e. The van der Waals surface area contributed by atoms with Crippen molar-refractivity contribution in [1.29, 1.82) is 0 Å². The van der Waals surface area contributed by atoms with Crippen LogP contribution in [0.25, 0.3) is 0 Å². The normalized spacial score (nSPS) is 12.8. The molecular formula is C26H25BrN2O3. The second-order valence-electron chi connectivity index (χ2n) is 7.94. The molecule has 1 aliphatic carbocycles. The molecule has 1 N–H and O–H groups in total. The van der Waals surface area contributed by atoms with Crippen LogP contribution in [0.4, 0.5) is 5.69 Å². The van der Waals surface area contributed by atoms with Gasteiger partial charge in [0.2, 0.25) is 5.91 Å². The van der Waals surface area contributed by atoms with Crippen LogP contribution in [0, 0.1) is 0 Å². The number of nitrogens with zero attached hydrogens (tertiary/aromatic N) is 1. The van der Waals surface area contributed by atoms with E-state index in [0.717, 1.165) is 34.2 Å². The van der Waals surface area contributed by atoms with Crippen LogP contribution in [0.15, 0.2) is 77.3 Å². The first kappa shape index (κ1) is 22.1. The molecule has 4 rings (SSSR count). The number of anilines is 1. The standard InChI is InChI=1S/C26H25BrN2O3/c1-32-24-14-4-19(5-15-24)17-29(23-12-13-23)25(30)16-18-2-10-22(11-3-18)28-26(31)20-6-8-21(27)9-7-20/h2-11,14-15,23H,12-13,16-17H2,1H3,(H,28,31). The summed E-state index contributed by atoms with van der Waals surface area (Å²) in [7, 11) is 1.65. The molecule has 0 radical (unpaired) electrons. The van der Waals surface area contributed by atoms with Crippen LogP contribution in [0.3, 0.4) is 0 Å². The first-order valence-corrected chi connectivity index (χ1v) is 11.4. The Labute approximate surface area is 196 Å². The van der Waals surface area contributed by atoms with Gasteiger partial charge in [0.1, 0.15) is 5.75 Å². The number of rotatable bonds is 8. The second-order valence-corrected chi connectivity index (χ2v) is 8.85. The fraction of sp³-hybridized carbons (Fsp3) is 0.231. The van der Waals surface area contributed by atoms with E-state index in [2.05, 4.69) is 21.2 Å². The van der Waals surface area contributed by atoms with Crippen molar-refractivity contribution >= 4 is 33.4 Å². The maximum atomic E-state index is 13.0. The van der Waals surface area contributed by atoms with Crippen molar-refractivity contribution in [1.82, 2.24) is 4.90 Å². The van der Waals surface area contributed by atoms with Crippen molar-refractivity contribution in [3.8, 4) is 5.75 Å². The van der Waals surface area contributed by atoms with E-state index >= 15 is 0 Å². The number of benzene rings is 3. The summed E-state index contributed by atoms with van der Waals surface area (Å²) >= 11 is 3.37. The Morgan fingerprint density at radius 3 is 2.16 bits per heavy atom. The summed E-state index contributed by atoms with van der Waals surface area (Å²) in [5, 5.41) is 2.89. The van der Waals surface area contributed by atoms with E-state index in [1.807, 2.05) is 65.6 Å². The van der Waals surface area contributed by atoms with Gasteiger partial charge in [-0.15, -0.1) is 0 Å².